The number of nitriles is 1. The maximum atomic E-state index is 8.83. The van der Waals surface area contributed by atoms with Crippen LogP contribution < -0.4 is 4.90 Å². The lowest BCUT2D eigenvalue weighted by Gasteiger charge is -2.20. The van der Waals surface area contributed by atoms with Crippen molar-refractivity contribution in [2.75, 3.05) is 11.4 Å². The Morgan fingerprint density at radius 1 is 1.24 bits per heavy atom. The van der Waals surface area contributed by atoms with E-state index in [1.54, 1.807) is 12.3 Å². The van der Waals surface area contributed by atoms with Gasteiger partial charge in [0, 0.05) is 18.4 Å². The third-order valence-corrected chi connectivity index (χ3v) is 2.38. The maximum absolute atomic E-state index is 8.83. The van der Waals surface area contributed by atoms with Crippen LogP contribution in [0.4, 0.5) is 11.6 Å². The molecule has 2 aromatic rings. The molecule has 0 bridgehead atoms. The van der Waals surface area contributed by atoms with Gasteiger partial charge in [0.1, 0.15) is 11.8 Å². The van der Waals surface area contributed by atoms with Crippen LogP contribution in [0.15, 0.2) is 42.6 Å². The molecule has 0 spiro atoms. The van der Waals surface area contributed by atoms with Gasteiger partial charge in [-0.1, -0.05) is 18.2 Å². The Bertz CT molecular complexity index is 531. The average molecular weight is 224 g/mol. The number of para-hydroxylation sites is 1. The lowest BCUT2D eigenvalue weighted by molar-refractivity contribution is 0.941. The van der Waals surface area contributed by atoms with Gasteiger partial charge in [0.25, 0.3) is 0 Å². The van der Waals surface area contributed by atoms with Crippen molar-refractivity contribution in [3.63, 3.8) is 0 Å². The van der Waals surface area contributed by atoms with Crippen LogP contribution in [0.2, 0.25) is 0 Å². The molecule has 0 radical (unpaired) electrons. The van der Waals surface area contributed by atoms with E-state index in [0.29, 0.717) is 11.6 Å². The summed E-state index contributed by atoms with van der Waals surface area (Å²) in [5.41, 5.74) is 1.40. The highest BCUT2D eigenvalue weighted by molar-refractivity contribution is 5.56. The molecule has 0 unspecified atom stereocenters. The predicted molar refractivity (Wildman–Crippen MR) is 65.9 cm³/mol. The molecule has 1 heterocycles. The fourth-order valence-electron chi connectivity index (χ4n) is 1.59. The molecule has 1 aromatic carbocycles. The largest absolute Gasteiger partial charge is 0.311 e. The van der Waals surface area contributed by atoms with Crippen LogP contribution in [0.3, 0.4) is 0 Å². The molecule has 0 atom stereocenters. The number of nitrogens with zero attached hydrogens (tertiary/aromatic N) is 4. The topological polar surface area (TPSA) is 52.8 Å². The molecule has 0 aliphatic rings. The van der Waals surface area contributed by atoms with Gasteiger partial charge >= 0.3 is 0 Å². The van der Waals surface area contributed by atoms with Crippen molar-refractivity contribution in [2.24, 2.45) is 0 Å². The van der Waals surface area contributed by atoms with Crippen molar-refractivity contribution in [3.05, 3.63) is 48.3 Å². The predicted octanol–water partition coefficient (Wildman–Crippen LogP) is 2.51. The first-order valence-electron chi connectivity index (χ1n) is 5.41. The molecule has 4 heteroatoms. The summed E-state index contributed by atoms with van der Waals surface area (Å²) in [5, 5.41) is 8.83. The Morgan fingerprint density at radius 3 is 2.65 bits per heavy atom. The number of anilines is 2. The van der Waals surface area contributed by atoms with Crippen molar-refractivity contribution in [3.8, 4) is 6.07 Å². The van der Waals surface area contributed by atoms with Gasteiger partial charge < -0.3 is 4.90 Å². The summed E-state index contributed by atoms with van der Waals surface area (Å²) < 4.78 is 0. The fraction of sp³-hybridized carbons (Fsp3) is 0.154. The molecule has 0 aliphatic heterocycles. The second-order valence-corrected chi connectivity index (χ2v) is 3.43. The summed E-state index contributed by atoms with van der Waals surface area (Å²) in [5.74, 6) is 0.553. The van der Waals surface area contributed by atoms with Gasteiger partial charge in [-0.05, 0) is 25.1 Å². The third-order valence-electron chi connectivity index (χ3n) is 2.38. The second-order valence-electron chi connectivity index (χ2n) is 3.43. The van der Waals surface area contributed by atoms with E-state index < -0.39 is 0 Å². The minimum atomic E-state index is 0.379. The van der Waals surface area contributed by atoms with Gasteiger partial charge in [-0.3, -0.25) is 0 Å². The first-order valence-corrected chi connectivity index (χ1v) is 5.41. The van der Waals surface area contributed by atoms with E-state index in [4.69, 9.17) is 5.26 Å². The molecule has 17 heavy (non-hydrogen) atoms. The first kappa shape index (κ1) is 11.1. The molecule has 1 aromatic heterocycles. The van der Waals surface area contributed by atoms with E-state index in [9.17, 15) is 0 Å². The molecule has 2 rings (SSSR count). The highest BCUT2D eigenvalue weighted by Gasteiger charge is 2.09. The lowest BCUT2D eigenvalue weighted by atomic mass is 10.3. The van der Waals surface area contributed by atoms with Crippen LogP contribution in [-0.4, -0.2) is 16.5 Å². The Kier molecular flexibility index (Phi) is 3.31. The minimum absolute atomic E-state index is 0.379. The van der Waals surface area contributed by atoms with Crippen LogP contribution in [-0.2, 0) is 0 Å². The summed E-state index contributed by atoms with van der Waals surface area (Å²) in [6, 6.07) is 13.5. The molecule has 0 aliphatic carbocycles. The number of hydrogen-bond acceptors (Lipinski definition) is 4. The Morgan fingerprint density at radius 2 is 2.00 bits per heavy atom. The zero-order valence-electron chi connectivity index (χ0n) is 9.54. The normalized spacial score (nSPS) is 9.65. The van der Waals surface area contributed by atoms with E-state index in [0.717, 1.165) is 12.2 Å². The lowest BCUT2D eigenvalue weighted by Crippen LogP contribution is -2.18. The Hall–Kier alpha value is -2.41. The van der Waals surface area contributed by atoms with E-state index in [1.807, 2.05) is 48.2 Å². The Labute approximate surface area is 100 Å². The van der Waals surface area contributed by atoms with E-state index in [1.165, 1.54) is 0 Å². The fourth-order valence-corrected chi connectivity index (χ4v) is 1.59. The van der Waals surface area contributed by atoms with Gasteiger partial charge in [-0.15, -0.1) is 0 Å². The summed E-state index contributed by atoms with van der Waals surface area (Å²) in [4.78, 5) is 10.4. The molecular weight excluding hydrogens is 212 g/mol. The minimum Gasteiger partial charge on any atom is -0.311 e. The van der Waals surface area contributed by atoms with Crippen molar-refractivity contribution in [1.29, 1.82) is 5.26 Å². The molecular formula is C13H12N4. The Balaban J connectivity index is 2.39. The average Bonchev–Trinajstić information content (AvgIpc) is 2.41. The van der Waals surface area contributed by atoms with E-state index in [2.05, 4.69) is 9.97 Å². The van der Waals surface area contributed by atoms with E-state index in [-0.39, 0.29) is 0 Å². The number of aromatic nitrogens is 2. The highest BCUT2D eigenvalue weighted by Crippen LogP contribution is 2.20. The van der Waals surface area contributed by atoms with Crippen molar-refractivity contribution in [1.82, 2.24) is 9.97 Å². The van der Waals surface area contributed by atoms with Crippen LogP contribution >= 0.6 is 0 Å². The van der Waals surface area contributed by atoms with Crippen molar-refractivity contribution in [2.45, 2.75) is 6.92 Å². The summed E-state index contributed by atoms with van der Waals surface area (Å²) in [6.07, 6.45) is 1.60. The maximum Gasteiger partial charge on any atom is 0.231 e. The molecule has 0 fully saturated rings. The van der Waals surface area contributed by atoms with Gasteiger partial charge in [0.05, 0.1) is 0 Å². The molecule has 4 nitrogen and oxygen atoms in total. The monoisotopic (exact) mass is 224 g/mol. The molecule has 0 amide bonds. The van der Waals surface area contributed by atoms with Gasteiger partial charge in [0.15, 0.2) is 0 Å². The SMILES string of the molecule is CCN(c1ccccc1)c1nccc(C#N)n1. The second kappa shape index (κ2) is 5.08. The van der Waals surface area contributed by atoms with Crippen molar-refractivity contribution < 1.29 is 0 Å². The van der Waals surface area contributed by atoms with Crippen LogP contribution in [0.25, 0.3) is 0 Å². The van der Waals surface area contributed by atoms with Crippen LogP contribution in [0.1, 0.15) is 12.6 Å². The zero-order chi connectivity index (χ0) is 12.1. The van der Waals surface area contributed by atoms with E-state index >= 15 is 0 Å². The molecule has 84 valence electrons. The van der Waals surface area contributed by atoms with Gasteiger partial charge in [-0.2, -0.15) is 5.26 Å². The van der Waals surface area contributed by atoms with Gasteiger partial charge in [0.2, 0.25) is 5.95 Å². The van der Waals surface area contributed by atoms with Crippen LogP contribution in [0.5, 0.6) is 0 Å². The smallest absolute Gasteiger partial charge is 0.231 e. The number of rotatable bonds is 3. The third kappa shape index (κ3) is 2.40. The molecule has 0 saturated heterocycles. The molecule has 0 saturated carbocycles. The zero-order valence-corrected chi connectivity index (χ0v) is 9.54. The van der Waals surface area contributed by atoms with Crippen LogP contribution in [0, 0.1) is 11.3 Å². The number of benzene rings is 1. The highest BCUT2D eigenvalue weighted by atomic mass is 15.2. The quantitative estimate of drug-likeness (QED) is 0.803. The van der Waals surface area contributed by atoms with Gasteiger partial charge in [-0.25, -0.2) is 9.97 Å². The first-order chi connectivity index (χ1) is 8.35. The standard InChI is InChI=1S/C13H12N4/c1-2-17(12-6-4-3-5-7-12)13-15-9-8-11(10-14)16-13/h3-9H,2H2,1H3. The van der Waals surface area contributed by atoms with Crippen molar-refractivity contribution >= 4 is 11.6 Å². The molecule has 0 N–H and O–H groups in total. The summed E-state index contributed by atoms with van der Waals surface area (Å²) >= 11 is 0. The number of hydrogen-bond donors (Lipinski definition) is 0. The summed E-state index contributed by atoms with van der Waals surface area (Å²) in [7, 11) is 0. The summed E-state index contributed by atoms with van der Waals surface area (Å²) in [6.45, 7) is 2.77.